The van der Waals surface area contributed by atoms with Gasteiger partial charge >= 0.3 is 19.8 Å². The molecule has 0 aliphatic rings. The van der Waals surface area contributed by atoms with Crippen LogP contribution in [0, 0.1) is 0 Å². The number of hydrogen-bond donors (Lipinski definition) is 2. The number of rotatable bonds is 50. The number of unbranched alkanes of at least 4 members (excludes halogenated alkanes) is 32. The van der Waals surface area contributed by atoms with Crippen molar-refractivity contribution >= 4 is 25.7 Å². The van der Waals surface area contributed by atoms with Crippen LogP contribution in [0.25, 0.3) is 0 Å². The normalized spacial score (nSPS) is 13.0. The molecule has 0 spiro atoms. The van der Waals surface area contributed by atoms with Gasteiger partial charge in [-0.3, -0.25) is 23.4 Å². The third kappa shape index (κ3) is 48.0. The fraction of sp³-hybridized carbons (Fsp3) is 0.904. The molecule has 0 aromatic rings. The average molecular weight is 914 g/mol. The van der Waals surface area contributed by atoms with E-state index in [0.717, 1.165) is 70.6 Å². The number of amides is 1. The molecule has 2 atom stereocenters. The van der Waals surface area contributed by atoms with Crippen LogP contribution in [-0.4, -0.2) is 55.2 Å². The lowest BCUT2D eigenvalue weighted by molar-refractivity contribution is -0.161. The number of hydrogen-bond acceptors (Lipinski definition) is 8. The highest BCUT2D eigenvalue weighted by Gasteiger charge is 2.26. The second kappa shape index (κ2) is 48.2. The van der Waals surface area contributed by atoms with Crippen LogP contribution in [0.1, 0.15) is 271 Å². The standard InChI is InChI=1S/C52H100NO9P/c1-4-7-10-13-16-19-22-25-27-30-33-36-39-42-50(54)53-45-46-60-63(57,58)61-48-49(62-52(56)44-41-38-35-32-28-24-21-18-15-12-9-6-3)47-59-51(55)43-40-37-34-31-29-26-23-20-17-14-11-8-5-2/h20,23,49H,4-19,21-22,24-48H2,1-3H3,(H,53,54)(H,57,58)/b23-20-/t49-/m1/s1. The van der Waals surface area contributed by atoms with E-state index in [1.54, 1.807) is 0 Å². The molecule has 0 saturated carbocycles. The maximum absolute atomic E-state index is 12.8. The highest BCUT2D eigenvalue weighted by atomic mass is 31.2. The predicted octanol–water partition coefficient (Wildman–Crippen LogP) is 15.5. The Morgan fingerprint density at radius 2 is 0.841 bits per heavy atom. The van der Waals surface area contributed by atoms with Gasteiger partial charge in [0.2, 0.25) is 5.91 Å². The summed E-state index contributed by atoms with van der Waals surface area (Å²) >= 11 is 0. The lowest BCUT2D eigenvalue weighted by Gasteiger charge is -2.20. The van der Waals surface area contributed by atoms with Gasteiger partial charge in [-0.15, -0.1) is 0 Å². The Balaban J connectivity index is 4.49. The predicted molar refractivity (Wildman–Crippen MR) is 262 cm³/mol. The number of esters is 2. The first-order valence-electron chi connectivity index (χ1n) is 26.6. The lowest BCUT2D eigenvalue weighted by Crippen LogP contribution is -2.30. The van der Waals surface area contributed by atoms with Gasteiger partial charge in [0.25, 0.3) is 0 Å². The van der Waals surface area contributed by atoms with Gasteiger partial charge < -0.3 is 19.7 Å². The van der Waals surface area contributed by atoms with E-state index in [0.29, 0.717) is 19.3 Å². The van der Waals surface area contributed by atoms with Crippen LogP contribution in [0.3, 0.4) is 0 Å². The van der Waals surface area contributed by atoms with Crippen molar-refractivity contribution in [2.75, 3.05) is 26.4 Å². The zero-order valence-electron chi connectivity index (χ0n) is 41.3. The highest BCUT2D eigenvalue weighted by Crippen LogP contribution is 2.43. The zero-order valence-corrected chi connectivity index (χ0v) is 42.2. The van der Waals surface area contributed by atoms with Gasteiger partial charge in [0.05, 0.1) is 13.2 Å². The molecule has 0 aromatic heterocycles. The smallest absolute Gasteiger partial charge is 0.462 e. The first kappa shape index (κ1) is 61.3. The summed E-state index contributed by atoms with van der Waals surface area (Å²) in [5.74, 6) is -0.979. The summed E-state index contributed by atoms with van der Waals surface area (Å²) < 4.78 is 34.0. The Bertz CT molecular complexity index is 1100. The molecule has 0 fully saturated rings. The molecule has 0 bridgehead atoms. The van der Waals surface area contributed by atoms with Crippen molar-refractivity contribution in [1.29, 1.82) is 0 Å². The Labute approximate surface area is 387 Å². The first-order chi connectivity index (χ1) is 30.7. The molecule has 63 heavy (non-hydrogen) atoms. The molecule has 0 saturated heterocycles. The molecule has 372 valence electrons. The van der Waals surface area contributed by atoms with Crippen LogP contribution >= 0.6 is 7.82 Å². The van der Waals surface area contributed by atoms with Gasteiger partial charge in [0.1, 0.15) is 6.61 Å². The lowest BCUT2D eigenvalue weighted by atomic mass is 10.0. The summed E-state index contributed by atoms with van der Waals surface area (Å²) in [7, 11) is -4.53. The maximum Gasteiger partial charge on any atom is 0.472 e. The minimum atomic E-state index is -4.53. The Morgan fingerprint density at radius 3 is 1.29 bits per heavy atom. The molecule has 0 aliphatic heterocycles. The van der Waals surface area contributed by atoms with E-state index in [9.17, 15) is 23.8 Å². The summed E-state index contributed by atoms with van der Waals surface area (Å²) in [5, 5.41) is 2.74. The molecule has 0 aromatic carbocycles. The number of carbonyl (C=O) groups is 3. The van der Waals surface area contributed by atoms with Gasteiger partial charge in [-0.2, -0.15) is 0 Å². The zero-order chi connectivity index (χ0) is 46.2. The number of phosphoric ester groups is 1. The van der Waals surface area contributed by atoms with Crippen molar-refractivity contribution in [3.8, 4) is 0 Å². The summed E-state index contributed by atoms with van der Waals surface area (Å²) in [6.07, 6.45) is 47.1. The van der Waals surface area contributed by atoms with Crippen LogP contribution < -0.4 is 5.32 Å². The number of carbonyl (C=O) groups excluding carboxylic acids is 3. The molecule has 1 amide bonds. The van der Waals surface area contributed by atoms with Crippen molar-refractivity contribution in [1.82, 2.24) is 5.32 Å². The number of nitrogens with one attached hydrogen (secondary N) is 1. The third-order valence-corrected chi connectivity index (χ3v) is 12.7. The minimum Gasteiger partial charge on any atom is -0.462 e. The highest BCUT2D eigenvalue weighted by molar-refractivity contribution is 7.47. The van der Waals surface area contributed by atoms with Gasteiger partial charge in [-0.1, -0.05) is 219 Å². The second-order valence-electron chi connectivity index (χ2n) is 18.0. The number of ether oxygens (including phenoxy) is 2. The fourth-order valence-electron chi connectivity index (χ4n) is 7.67. The topological polar surface area (TPSA) is 137 Å². The Hall–Kier alpha value is -1.74. The van der Waals surface area contributed by atoms with Gasteiger partial charge in [0, 0.05) is 25.8 Å². The van der Waals surface area contributed by atoms with Crippen LogP contribution in [0.5, 0.6) is 0 Å². The van der Waals surface area contributed by atoms with E-state index in [1.165, 1.54) is 148 Å². The fourth-order valence-corrected chi connectivity index (χ4v) is 8.42. The molecule has 1 unspecified atom stereocenters. The molecule has 0 radical (unpaired) electrons. The molecule has 0 aliphatic carbocycles. The van der Waals surface area contributed by atoms with E-state index in [4.69, 9.17) is 18.5 Å². The van der Waals surface area contributed by atoms with E-state index in [-0.39, 0.29) is 38.5 Å². The van der Waals surface area contributed by atoms with E-state index in [1.807, 2.05) is 0 Å². The monoisotopic (exact) mass is 914 g/mol. The van der Waals surface area contributed by atoms with Crippen LogP contribution in [0.2, 0.25) is 0 Å². The summed E-state index contributed by atoms with van der Waals surface area (Å²) in [6.45, 7) is 5.83. The minimum absolute atomic E-state index is 0.0660. The van der Waals surface area contributed by atoms with E-state index >= 15 is 0 Å². The van der Waals surface area contributed by atoms with Crippen molar-refractivity contribution in [2.24, 2.45) is 0 Å². The van der Waals surface area contributed by atoms with Crippen LogP contribution in [0.4, 0.5) is 0 Å². The summed E-state index contributed by atoms with van der Waals surface area (Å²) in [6, 6.07) is 0. The molecular formula is C52H100NO9P. The van der Waals surface area contributed by atoms with Gasteiger partial charge in [-0.25, -0.2) is 4.57 Å². The molecule has 2 N–H and O–H groups in total. The largest absolute Gasteiger partial charge is 0.472 e. The first-order valence-corrected chi connectivity index (χ1v) is 28.1. The van der Waals surface area contributed by atoms with E-state index in [2.05, 4.69) is 38.2 Å². The van der Waals surface area contributed by atoms with Crippen molar-refractivity contribution < 1.29 is 42.4 Å². The van der Waals surface area contributed by atoms with Gasteiger partial charge in [-0.05, 0) is 44.9 Å². The molecule has 11 heteroatoms. The van der Waals surface area contributed by atoms with Gasteiger partial charge in [0.15, 0.2) is 6.10 Å². The summed E-state index contributed by atoms with van der Waals surface area (Å²) in [5.41, 5.74) is 0. The molecular weight excluding hydrogens is 814 g/mol. The molecule has 0 heterocycles. The van der Waals surface area contributed by atoms with Crippen molar-refractivity contribution in [3.05, 3.63) is 12.2 Å². The SMILES string of the molecule is CCCCCC/C=C\CCCCCCCC(=O)OC[C@H](COP(=O)(O)OCCNC(=O)CCCCCCCCCCCCCCC)OC(=O)CCCCCCCCCCCCCC. The van der Waals surface area contributed by atoms with Crippen molar-refractivity contribution in [2.45, 2.75) is 277 Å². The Morgan fingerprint density at radius 1 is 0.476 bits per heavy atom. The maximum atomic E-state index is 12.8. The van der Waals surface area contributed by atoms with E-state index < -0.39 is 32.5 Å². The average Bonchev–Trinajstić information content (AvgIpc) is 3.27. The number of allylic oxidation sites excluding steroid dienone is 2. The molecule has 0 rings (SSSR count). The molecule has 10 nitrogen and oxygen atoms in total. The third-order valence-electron chi connectivity index (χ3n) is 11.7. The van der Waals surface area contributed by atoms with Crippen molar-refractivity contribution in [3.63, 3.8) is 0 Å². The second-order valence-corrected chi connectivity index (χ2v) is 19.5. The quantitative estimate of drug-likeness (QED) is 0.0264. The summed E-state index contributed by atoms with van der Waals surface area (Å²) in [4.78, 5) is 48.0. The number of phosphoric acid groups is 1. The van der Waals surface area contributed by atoms with Crippen LogP contribution in [-0.2, 0) is 37.5 Å². The van der Waals surface area contributed by atoms with Crippen LogP contribution in [0.15, 0.2) is 12.2 Å². The Kier molecular flexibility index (Phi) is 46.9.